The van der Waals surface area contributed by atoms with Crippen molar-refractivity contribution in [2.45, 2.75) is 45.1 Å². The minimum atomic E-state index is -2.21. The average molecular weight is 188 g/mol. The van der Waals surface area contributed by atoms with Gasteiger partial charge >= 0.3 is 5.97 Å². The molecule has 0 saturated carbocycles. The molecule has 0 aromatic heterocycles. The van der Waals surface area contributed by atoms with Crippen molar-refractivity contribution in [2.24, 2.45) is 0 Å². The molecule has 13 heavy (non-hydrogen) atoms. The van der Waals surface area contributed by atoms with E-state index in [0.29, 0.717) is 6.42 Å². The summed E-state index contributed by atoms with van der Waals surface area (Å²) in [5.41, 5.74) is -2.21. The molecular weight excluding hydrogens is 172 g/mol. The summed E-state index contributed by atoms with van der Waals surface area (Å²) in [6.45, 7) is 3.00. The highest BCUT2D eigenvalue weighted by Gasteiger charge is 2.37. The smallest absolute Gasteiger partial charge is 0.343 e. The molecule has 0 bridgehead atoms. The molecule has 0 aliphatic carbocycles. The van der Waals surface area contributed by atoms with E-state index in [1.54, 1.807) is 0 Å². The Balaban J connectivity index is 4.03. The quantitative estimate of drug-likeness (QED) is 0.481. The number of hydrogen-bond acceptors (Lipinski definition) is 3. The van der Waals surface area contributed by atoms with Gasteiger partial charge in [0, 0.05) is 6.42 Å². The van der Waals surface area contributed by atoms with E-state index in [1.165, 1.54) is 0 Å². The number of unbranched alkanes of at least 4 members (excludes halogenated alkanes) is 2. The van der Waals surface area contributed by atoms with Crippen LogP contribution in [0.4, 0.5) is 0 Å². The maximum atomic E-state index is 11.2. The Bertz CT molecular complexity index is 196. The van der Waals surface area contributed by atoms with Gasteiger partial charge in [0.25, 0.3) is 0 Å². The van der Waals surface area contributed by atoms with Gasteiger partial charge in [0.15, 0.2) is 5.78 Å². The molecule has 0 fully saturated rings. The van der Waals surface area contributed by atoms with Crippen LogP contribution in [-0.2, 0) is 9.59 Å². The molecule has 2 N–H and O–H groups in total. The molecule has 0 aliphatic heterocycles. The second-order valence-electron chi connectivity index (χ2n) is 3.26. The molecule has 4 heteroatoms. The summed E-state index contributed by atoms with van der Waals surface area (Å²) in [6, 6.07) is 0. The highest BCUT2D eigenvalue weighted by Crippen LogP contribution is 2.11. The number of ketones is 1. The SMILES string of the molecule is CCCCCC(=O)C(C)(O)C(=O)O. The Morgan fingerprint density at radius 1 is 1.31 bits per heavy atom. The van der Waals surface area contributed by atoms with Crippen molar-refractivity contribution in [3.8, 4) is 0 Å². The molecule has 0 amide bonds. The van der Waals surface area contributed by atoms with Gasteiger partial charge in [-0.1, -0.05) is 19.8 Å². The summed E-state index contributed by atoms with van der Waals surface area (Å²) < 4.78 is 0. The number of rotatable bonds is 6. The summed E-state index contributed by atoms with van der Waals surface area (Å²) in [5.74, 6) is -2.09. The predicted octanol–water partition coefficient (Wildman–Crippen LogP) is 0.971. The van der Waals surface area contributed by atoms with E-state index in [4.69, 9.17) is 5.11 Å². The molecule has 0 heterocycles. The molecular formula is C9H16O4. The van der Waals surface area contributed by atoms with E-state index in [0.717, 1.165) is 19.8 Å². The van der Waals surface area contributed by atoms with Crippen LogP contribution in [0.3, 0.4) is 0 Å². The molecule has 0 saturated heterocycles. The Kier molecular flexibility index (Phi) is 4.62. The van der Waals surface area contributed by atoms with Gasteiger partial charge in [0.1, 0.15) is 0 Å². The summed E-state index contributed by atoms with van der Waals surface area (Å²) in [4.78, 5) is 21.6. The molecule has 0 aromatic rings. The van der Waals surface area contributed by atoms with Crippen molar-refractivity contribution >= 4 is 11.8 Å². The molecule has 1 atom stereocenters. The fourth-order valence-corrected chi connectivity index (χ4v) is 0.898. The molecule has 4 nitrogen and oxygen atoms in total. The van der Waals surface area contributed by atoms with Crippen molar-refractivity contribution in [3.05, 3.63) is 0 Å². The summed E-state index contributed by atoms with van der Waals surface area (Å²) in [6.07, 6.45) is 2.61. The Morgan fingerprint density at radius 2 is 1.85 bits per heavy atom. The normalized spacial score (nSPS) is 15.0. The lowest BCUT2D eigenvalue weighted by Gasteiger charge is -2.15. The van der Waals surface area contributed by atoms with Gasteiger partial charge in [-0.25, -0.2) is 4.79 Å². The minimum Gasteiger partial charge on any atom is -0.479 e. The van der Waals surface area contributed by atoms with E-state index in [1.807, 2.05) is 6.92 Å². The zero-order valence-corrected chi connectivity index (χ0v) is 8.04. The molecule has 0 aliphatic rings. The first kappa shape index (κ1) is 12.1. The lowest BCUT2D eigenvalue weighted by Crippen LogP contribution is -2.43. The van der Waals surface area contributed by atoms with Gasteiger partial charge in [0.05, 0.1) is 0 Å². The van der Waals surface area contributed by atoms with Gasteiger partial charge in [-0.2, -0.15) is 0 Å². The monoisotopic (exact) mass is 188 g/mol. The van der Waals surface area contributed by atoms with Crippen LogP contribution < -0.4 is 0 Å². The maximum Gasteiger partial charge on any atom is 0.343 e. The van der Waals surface area contributed by atoms with Crippen LogP contribution >= 0.6 is 0 Å². The number of carbonyl (C=O) groups is 2. The third kappa shape index (κ3) is 3.55. The highest BCUT2D eigenvalue weighted by molar-refractivity contribution is 6.05. The fraction of sp³-hybridized carbons (Fsp3) is 0.778. The number of carboxylic acid groups (broad SMARTS) is 1. The summed E-state index contributed by atoms with van der Waals surface area (Å²) in [7, 11) is 0. The number of carboxylic acids is 1. The van der Waals surface area contributed by atoms with E-state index in [9.17, 15) is 14.7 Å². The van der Waals surface area contributed by atoms with Gasteiger partial charge in [-0.15, -0.1) is 0 Å². The fourth-order valence-electron chi connectivity index (χ4n) is 0.898. The van der Waals surface area contributed by atoms with Crippen LogP contribution in [0, 0.1) is 0 Å². The van der Waals surface area contributed by atoms with E-state index >= 15 is 0 Å². The van der Waals surface area contributed by atoms with Crippen molar-refractivity contribution in [3.63, 3.8) is 0 Å². The maximum absolute atomic E-state index is 11.2. The Labute approximate surface area is 77.6 Å². The molecule has 0 spiro atoms. The number of hydrogen-bond donors (Lipinski definition) is 2. The predicted molar refractivity (Wildman–Crippen MR) is 47.4 cm³/mol. The first-order valence-corrected chi connectivity index (χ1v) is 4.42. The Hall–Kier alpha value is -0.900. The van der Waals surface area contributed by atoms with Gasteiger partial charge in [0.2, 0.25) is 5.60 Å². The van der Waals surface area contributed by atoms with Gasteiger partial charge < -0.3 is 10.2 Å². The molecule has 0 radical (unpaired) electrons. The third-order valence-corrected chi connectivity index (χ3v) is 1.97. The van der Waals surface area contributed by atoms with E-state index < -0.39 is 17.4 Å². The van der Waals surface area contributed by atoms with Crippen molar-refractivity contribution < 1.29 is 19.8 Å². The molecule has 76 valence electrons. The van der Waals surface area contributed by atoms with E-state index in [-0.39, 0.29) is 6.42 Å². The largest absolute Gasteiger partial charge is 0.479 e. The highest BCUT2D eigenvalue weighted by atomic mass is 16.4. The number of Topliss-reactive ketones (excluding diaryl/α,β-unsaturated/α-hetero) is 1. The summed E-state index contributed by atoms with van der Waals surface area (Å²) >= 11 is 0. The number of carbonyl (C=O) groups excluding carboxylic acids is 1. The standard InChI is InChI=1S/C9H16O4/c1-3-4-5-6-7(10)9(2,13)8(11)12/h13H,3-6H2,1-2H3,(H,11,12). The van der Waals surface area contributed by atoms with Gasteiger partial charge in [-0.05, 0) is 13.3 Å². The second kappa shape index (κ2) is 4.97. The Morgan fingerprint density at radius 3 is 2.23 bits per heavy atom. The lowest BCUT2D eigenvalue weighted by atomic mass is 9.96. The third-order valence-electron chi connectivity index (χ3n) is 1.97. The number of aliphatic hydroxyl groups is 1. The zero-order chi connectivity index (χ0) is 10.5. The topological polar surface area (TPSA) is 74.6 Å². The summed E-state index contributed by atoms with van der Waals surface area (Å²) in [5, 5.41) is 17.7. The van der Waals surface area contributed by atoms with Crippen LogP contribution in [0.2, 0.25) is 0 Å². The minimum absolute atomic E-state index is 0.132. The van der Waals surface area contributed by atoms with Gasteiger partial charge in [-0.3, -0.25) is 4.79 Å². The first-order valence-electron chi connectivity index (χ1n) is 4.42. The van der Waals surface area contributed by atoms with Crippen molar-refractivity contribution in [1.82, 2.24) is 0 Å². The molecule has 1 unspecified atom stereocenters. The molecule has 0 aromatic carbocycles. The van der Waals surface area contributed by atoms with Crippen LogP contribution in [0.15, 0.2) is 0 Å². The lowest BCUT2D eigenvalue weighted by molar-refractivity contribution is -0.163. The van der Waals surface area contributed by atoms with Crippen molar-refractivity contribution in [2.75, 3.05) is 0 Å². The van der Waals surface area contributed by atoms with Crippen LogP contribution in [0.25, 0.3) is 0 Å². The zero-order valence-electron chi connectivity index (χ0n) is 8.04. The number of aliphatic carboxylic acids is 1. The second-order valence-corrected chi connectivity index (χ2v) is 3.26. The van der Waals surface area contributed by atoms with Crippen LogP contribution in [0.5, 0.6) is 0 Å². The van der Waals surface area contributed by atoms with E-state index in [2.05, 4.69) is 0 Å². The van der Waals surface area contributed by atoms with Crippen LogP contribution in [-0.4, -0.2) is 27.6 Å². The molecule has 0 rings (SSSR count). The first-order chi connectivity index (χ1) is 5.92. The van der Waals surface area contributed by atoms with Crippen molar-refractivity contribution in [1.29, 1.82) is 0 Å². The van der Waals surface area contributed by atoms with Crippen LogP contribution in [0.1, 0.15) is 39.5 Å². The average Bonchev–Trinajstić information content (AvgIpc) is 2.04.